The number of hydrogen-bond donors (Lipinski definition) is 0. The van der Waals surface area contributed by atoms with Crippen molar-refractivity contribution in [1.82, 2.24) is 9.78 Å². The van der Waals surface area contributed by atoms with Crippen molar-refractivity contribution in [3.05, 3.63) is 18.0 Å². The summed E-state index contributed by atoms with van der Waals surface area (Å²) in [6.07, 6.45) is 5.11. The van der Waals surface area contributed by atoms with Gasteiger partial charge in [-0.3, -0.25) is 4.68 Å². The molecule has 0 amide bonds. The Labute approximate surface area is 94.3 Å². The van der Waals surface area contributed by atoms with Gasteiger partial charge in [-0.1, -0.05) is 0 Å². The first-order valence-electron chi connectivity index (χ1n) is 5.39. The molecule has 1 aliphatic rings. The van der Waals surface area contributed by atoms with Crippen molar-refractivity contribution in [3.8, 4) is 0 Å². The van der Waals surface area contributed by atoms with Crippen LogP contribution in [-0.4, -0.2) is 34.6 Å². The van der Waals surface area contributed by atoms with Gasteiger partial charge in [-0.25, -0.2) is 4.79 Å². The number of carbonyl (C=O) groups is 1. The molecule has 0 radical (unpaired) electrons. The minimum Gasteiger partial charge on any atom is -0.459 e. The maximum absolute atomic E-state index is 11.6. The van der Waals surface area contributed by atoms with Crippen LogP contribution < -0.4 is 0 Å². The minimum absolute atomic E-state index is 0.306. The van der Waals surface area contributed by atoms with Gasteiger partial charge in [0.15, 0.2) is 0 Å². The molecule has 88 valence electrons. The average Bonchev–Trinajstić information content (AvgIpc) is 2.85. The van der Waals surface area contributed by atoms with Gasteiger partial charge in [0.2, 0.25) is 0 Å². The summed E-state index contributed by atoms with van der Waals surface area (Å²) in [7, 11) is 1.76. The molecule has 1 fully saturated rings. The van der Waals surface area contributed by atoms with E-state index in [0.717, 1.165) is 19.4 Å². The number of carbonyl (C=O) groups excluding carboxylic acids is 1. The van der Waals surface area contributed by atoms with Gasteiger partial charge in [0.1, 0.15) is 6.61 Å². The molecule has 0 aromatic carbocycles. The van der Waals surface area contributed by atoms with Gasteiger partial charge < -0.3 is 9.47 Å². The van der Waals surface area contributed by atoms with E-state index in [4.69, 9.17) is 9.47 Å². The summed E-state index contributed by atoms with van der Waals surface area (Å²) in [6, 6.07) is 0. The van der Waals surface area contributed by atoms with Gasteiger partial charge in [0.25, 0.3) is 0 Å². The Morgan fingerprint density at radius 1 is 1.75 bits per heavy atom. The maximum Gasteiger partial charge on any atom is 0.341 e. The third-order valence-corrected chi connectivity index (χ3v) is 2.75. The molecule has 1 aliphatic heterocycles. The number of esters is 1. The normalized spacial score (nSPS) is 24.6. The SMILES string of the molecule is Cn1cc(C(=O)OC[C@@]2(C)CCCO2)cn1. The molecule has 0 saturated carbocycles. The molecule has 0 spiro atoms. The number of aryl methyl sites for hydroxylation is 1. The standard InChI is InChI=1S/C11H16N2O3/c1-11(4-3-5-16-11)8-15-10(14)9-6-12-13(2)7-9/h6-7H,3-5,8H2,1-2H3/t11-/m1/s1. The summed E-state index contributed by atoms with van der Waals surface area (Å²) in [4.78, 5) is 11.6. The fraction of sp³-hybridized carbons (Fsp3) is 0.636. The van der Waals surface area contributed by atoms with E-state index in [0.29, 0.717) is 12.2 Å². The van der Waals surface area contributed by atoms with Crippen LogP contribution in [0.25, 0.3) is 0 Å². The zero-order valence-electron chi connectivity index (χ0n) is 9.60. The number of rotatable bonds is 3. The van der Waals surface area contributed by atoms with E-state index in [2.05, 4.69) is 5.10 Å². The van der Waals surface area contributed by atoms with Crippen molar-refractivity contribution in [2.75, 3.05) is 13.2 Å². The van der Waals surface area contributed by atoms with E-state index in [-0.39, 0.29) is 11.6 Å². The van der Waals surface area contributed by atoms with Crippen LogP contribution >= 0.6 is 0 Å². The Morgan fingerprint density at radius 3 is 3.12 bits per heavy atom. The third kappa shape index (κ3) is 2.41. The number of nitrogens with zero attached hydrogens (tertiary/aromatic N) is 2. The monoisotopic (exact) mass is 224 g/mol. The number of aromatic nitrogens is 2. The summed E-state index contributed by atoms with van der Waals surface area (Å²) >= 11 is 0. The molecule has 16 heavy (non-hydrogen) atoms. The highest BCUT2D eigenvalue weighted by Gasteiger charge is 2.31. The second-order valence-corrected chi connectivity index (χ2v) is 4.38. The first-order chi connectivity index (χ1) is 7.59. The molecule has 0 N–H and O–H groups in total. The predicted molar refractivity (Wildman–Crippen MR) is 57.1 cm³/mol. The van der Waals surface area contributed by atoms with Gasteiger partial charge in [0, 0.05) is 19.9 Å². The molecule has 2 heterocycles. The van der Waals surface area contributed by atoms with Crippen LogP contribution in [0.15, 0.2) is 12.4 Å². The first kappa shape index (κ1) is 11.1. The van der Waals surface area contributed by atoms with Crippen LogP contribution in [0.2, 0.25) is 0 Å². The molecule has 1 saturated heterocycles. The van der Waals surface area contributed by atoms with Crippen LogP contribution in [-0.2, 0) is 16.5 Å². The fourth-order valence-corrected chi connectivity index (χ4v) is 1.78. The van der Waals surface area contributed by atoms with Crippen molar-refractivity contribution in [2.45, 2.75) is 25.4 Å². The van der Waals surface area contributed by atoms with Gasteiger partial charge in [0.05, 0.1) is 17.4 Å². The summed E-state index contributed by atoms with van der Waals surface area (Å²) in [6.45, 7) is 3.03. The highest BCUT2D eigenvalue weighted by Crippen LogP contribution is 2.25. The van der Waals surface area contributed by atoms with Crippen molar-refractivity contribution in [1.29, 1.82) is 0 Å². The van der Waals surface area contributed by atoms with E-state index in [1.165, 1.54) is 6.20 Å². The zero-order valence-corrected chi connectivity index (χ0v) is 9.60. The largest absolute Gasteiger partial charge is 0.459 e. The van der Waals surface area contributed by atoms with Crippen molar-refractivity contribution >= 4 is 5.97 Å². The van der Waals surface area contributed by atoms with Gasteiger partial charge in [-0.2, -0.15) is 5.10 Å². The molecule has 0 aliphatic carbocycles. The Kier molecular flexibility index (Phi) is 2.96. The van der Waals surface area contributed by atoms with E-state index < -0.39 is 0 Å². The maximum atomic E-state index is 11.6. The smallest absolute Gasteiger partial charge is 0.341 e. The van der Waals surface area contributed by atoms with Crippen LogP contribution in [0.5, 0.6) is 0 Å². The number of hydrogen-bond acceptors (Lipinski definition) is 4. The summed E-state index contributed by atoms with van der Waals surface area (Å²) < 4.78 is 12.3. The Bertz CT molecular complexity index is 380. The molecule has 1 aromatic rings. The minimum atomic E-state index is -0.343. The molecule has 2 rings (SSSR count). The lowest BCUT2D eigenvalue weighted by Gasteiger charge is -2.22. The molecular formula is C11H16N2O3. The Morgan fingerprint density at radius 2 is 2.56 bits per heavy atom. The lowest BCUT2D eigenvalue weighted by atomic mass is 10.0. The molecule has 1 atom stereocenters. The van der Waals surface area contributed by atoms with E-state index in [1.807, 2.05) is 6.92 Å². The topological polar surface area (TPSA) is 53.4 Å². The zero-order chi connectivity index (χ0) is 11.6. The summed E-state index contributed by atoms with van der Waals surface area (Å²) in [5.41, 5.74) is 0.168. The van der Waals surface area contributed by atoms with E-state index in [9.17, 15) is 4.79 Å². The van der Waals surface area contributed by atoms with Crippen LogP contribution in [0.4, 0.5) is 0 Å². The summed E-state index contributed by atoms with van der Waals surface area (Å²) in [5, 5.41) is 3.92. The fourth-order valence-electron chi connectivity index (χ4n) is 1.78. The Balaban J connectivity index is 1.88. The van der Waals surface area contributed by atoms with E-state index >= 15 is 0 Å². The molecule has 5 nitrogen and oxygen atoms in total. The summed E-state index contributed by atoms with van der Waals surface area (Å²) in [5.74, 6) is -0.343. The third-order valence-electron chi connectivity index (χ3n) is 2.75. The van der Waals surface area contributed by atoms with Gasteiger partial charge >= 0.3 is 5.97 Å². The van der Waals surface area contributed by atoms with Gasteiger partial charge in [-0.05, 0) is 19.8 Å². The second kappa shape index (κ2) is 4.25. The van der Waals surface area contributed by atoms with Crippen LogP contribution in [0.3, 0.4) is 0 Å². The van der Waals surface area contributed by atoms with Gasteiger partial charge in [-0.15, -0.1) is 0 Å². The second-order valence-electron chi connectivity index (χ2n) is 4.38. The molecular weight excluding hydrogens is 208 g/mol. The van der Waals surface area contributed by atoms with Crippen molar-refractivity contribution in [2.24, 2.45) is 7.05 Å². The first-order valence-corrected chi connectivity index (χ1v) is 5.39. The van der Waals surface area contributed by atoms with Crippen molar-refractivity contribution < 1.29 is 14.3 Å². The van der Waals surface area contributed by atoms with E-state index in [1.54, 1.807) is 17.9 Å². The molecule has 0 unspecified atom stereocenters. The highest BCUT2D eigenvalue weighted by atomic mass is 16.6. The Hall–Kier alpha value is -1.36. The van der Waals surface area contributed by atoms with Crippen LogP contribution in [0.1, 0.15) is 30.1 Å². The highest BCUT2D eigenvalue weighted by molar-refractivity contribution is 5.88. The number of ether oxygens (including phenoxy) is 2. The lowest BCUT2D eigenvalue weighted by molar-refractivity contribution is -0.0378. The molecule has 1 aromatic heterocycles. The van der Waals surface area contributed by atoms with Crippen LogP contribution in [0, 0.1) is 0 Å². The lowest BCUT2D eigenvalue weighted by Crippen LogP contribution is -2.31. The molecule has 0 bridgehead atoms. The average molecular weight is 224 g/mol. The predicted octanol–water partition coefficient (Wildman–Crippen LogP) is 1.15. The van der Waals surface area contributed by atoms with Crippen molar-refractivity contribution in [3.63, 3.8) is 0 Å². The molecule has 5 heteroatoms. The quantitative estimate of drug-likeness (QED) is 0.723.